The van der Waals surface area contributed by atoms with Gasteiger partial charge in [0.2, 0.25) is 0 Å². The fraction of sp³-hybridized carbons (Fsp3) is 0.800. The van der Waals surface area contributed by atoms with E-state index in [1.54, 1.807) is 4.68 Å². The van der Waals surface area contributed by atoms with Crippen LogP contribution in [0.25, 0.3) is 0 Å². The van der Waals surface area contributed by atoms with E-state index < -0.39 is 5.60 Å². The monoisotopic (exact) mass is 299 g/mol. The van der Waals surface area contributed by atoms with Crippen LogP contribution in [-0.2, 0) is 13.5 Å². The summed E-state index contributed by atoms with van der Waals surface area (Å²) < 4.78 is 1.69. The summed E-state index contributed by atoms with van der Waals surface area (Å²) in [6.45, 7) is 7.36. The van der Waals surface area contributed by atoms with Crippen LogP contribution in [0.2, 0.25) is 5.15 Å². The second kappa shape index (κ2) is 6.46. The Balaban J connectivity index is 2.07. The van der Waals surface area contributed by atoms with Crippen molar-refractivity contribution < 1.29 is 5.11 Å². The minimum Gasteiger partial charge on any atom is -0.389 e. The quantitative estimate of drug-likeness (QED) is 0.929. The molecule has 1 saturated heterocycles. The summed E-state index contributed by atoms with van der Waals surface area (Å²) in [5.41, 5.74) is 1.29. The van der Waals surface area contributed by atoms with Gasteiger partial charge in [0.15, 0.2) is 0 Å². The van der Waals surface area contributed by atoms with Crippen LogP contribution in [0.15, 0.2) is 0 Å². The Labute approximate surface area is 126 Å². The molecule has 5 heteroatoms. The van der Waals surface area contributed by atoms with Crippen molar-refractivity contribution in [2.75, 3.05) is 19.6 Å². The van der Waals surface area contributed by atoms with Gasteiger partial charge in [-0.3, -0.25) is 4.68 Å². The van der Waals surface area contributed by atoms with E-state index in [1.165, 1.54) is 6.42 Å². The van der Waals surface area contributed by atoms with E-state index in [0.717, 1.165) is 50.2 Å². The summed E-state index contributed by atoms with van der Waals surface area (Å²) in [5.74, 6) is 0. The molecule has 20 heavy (non-hydrogen) atoms. The Kier molecular flexibility index (Phi) is 5.10. The number of aryl methyl sites for hydroxylation is 2. The zero-order chi connectivity index (χ0) is 14.8. The highest BCUT2D eigenvalue weighted by atomic mass is 35.5. The molecule has 114 valence electrons. The Morgan fingerprint density at radius 1 is 1.35 bits per heavy atom. The number of aromatic nitrogens is 2. The van der Waals surface area contributed by atoms with Crippen molar-refractivity contribution in [1.82, 2.24) is 14.7 Å². The lowest BCUT2D eigenvalue weighted by atomic mass is 9.88. The van der Waals surface area contributed by atoms with Crippen LogP contribution in [-0.4, -0.2) is 45.0 Å². The number of likely N-dealkylation sites (tertiary alicyclic amines) is 1. The van der Waals surface area contributed by atoms with Gasteiger partial charge in [-0.2, -0.15) is 5.10 Å². The van der Waals surface area contributed by atoms with E-state index in [9.17, 15) is 5.11 Å². The molecular formula is C15H26ClN3O. The number of nitrogens with zero attached hydrogens (tertiary/aromatic N) is 3. The lowest BCUT2D eigenvalue weighted by Crippen LogP contribution is -2.33. The number of hydrogen-bond acceptors (Lipinski definition) is 3. The normalized spacial score (nSPS) is 24.9. The zero-order valence-electron chi connectivity index (χ0n) is 12.8. The highest BCUT2D eigenvalue weighted by Crippen LogP contribution is 2.30. The fourth-order valence-corrected chi connectivity index (χ4v) is 3.40. The van der Waals surface area contributed by atoms with Crippen molar-refractivity contribution in [1.29, 1.82) is 0 Å². The second-order valence-corrected chi connectivity index (χ2v) is 6.43. The number of hydrogen-bond donors (Lipinski definition) is 1. The van der Waals surface area contributed by atoms with Crippen molar-refractivity contribution in [3.8, 4) is 0 Å². The largest absolute Gasteiger partial charge is 0.389 e. The first-order valence-electron chi connectivity index (χ1n) is 7.58. The van der Waals surface area contributed by atoms with Crippen molar-refractivity contribution in [3.05, 3.63) is 16.4 Å². The molecule has 2 rings (SSSR count). The summed E-state index contributed by atoms with van der Waals surface area (Å²) >= 11 is 6.29. The SMILES string of the molecule is CCCN1CCCC(O)(Cc2c(C)nn(C)c2Cl)CC1. The minimum absolute atomic E-state index is 0.617. The first-order valence-corrected chi connectivity index (χ1v) is 7.95. The molecule has 1 unspecified atom stereocenters. The van der Waals surface area contributed by atoms with Crippen molar-refractivity contribution in [2.24, 2.45) is 7.05 Å². The Morgan fingerprint density at radius 2 is 2.10 bits per heavy atom. The molecule has 0 amide bonds. The molecule has 2 heterocycles. The molecule has 1 fully saturated rings. The van der Waals surface area contributed by atoms with Gasteiger partial charge in [0.25, 0.3) is 0 Å². The van der Waals surface area contributed by atoms with Gasteiger partial charge in [0.05, 0.1) is 11.3 Å². The van der Waals surface area contributed by atoms with Crippen LogP contribution in [0.5, 0.6) is 0 Å². The van der Waals surface area contributed by atoms with E-state index in [0.29, 0.717) is 11.6 Å². The number of rotatable bonds is 4. The molecular weight excluding hydrogens is 274 g/mol. The highest BCUT2D eigenvalue weighted by Gasteiger charge is 2.32. The van der Waals surface area contributed by atoms with E-state index in [2.05, 4.69) is 16.9 Å². The van der Waals surface area contributed by atoms with Crippen LogP contribution in [0.3, 0.4) is 0 Å². The van der Waals surface area contributed by atoms with Crippen LogP contribution >= 0.6 is 11.6 Å². The molecule has 1 aliphatic rings. The number of halogens is 1. The molecule has 1 atom stereocenters. The summed E-state index contributed by atoms with van der Waals surface area (Å²) in [6.07, 6.45) is 4.50. The maximum atomic E-state index is 10.9. The fourth-order valence-electron chi connectivity index (χ4n) is 3.16. The molecule has 0 bridgehead atoms. The maximum Gasteiger partial charge on any atom is 0.130 e. The van der Waals surface area contributed by atoms with Gasteiger partial charge in [-0.1, -0.05) is 18.5 Å². The first-order chi connectivity index (χ1) is 9.45. The van der Waals surface area contributed by atoms with Crippen LogP contribution in [0, 0.1) is 6.92 Å². The average Bonchev–Trinajstić information content (AvgIpc) is 2.56. The second-order valence-electron chi connectivity index (χ2n) is 6.07. The Bertz CT molecular complexity index is 460. The van der Waals surface area contributed by atoms with E-state index in [1.807, 2.05) is 14.0 Å². The average molecular weight is 300 g/mol. The van der Waals surface area contributed by atoms with Gasteiger partial charge in [-0.05, 0) is 45.7 Å². The lowest BCUT2D eigenvalue weighted by molar-refractivity contribution is 0.0256. The standard InChI is InChI=1S/C15H26ClN3O/c1-4-8-19-9-5-6-15(20,7-10-19)11-13-12(2)17-18(3)14(13)16/h20H,4-11H2,1-3H3. The maximum absolute atomic E-state index is 10.9. The molecule has 1 aromatic heterocycles. The molecule has 0 aliphatic carbocycles. The topological polar surface area (TPSA) is 41.3 Å². The summed E-state index contributed by atoms with van der Waals surface area (Å²) in [7, 11) is 1.85. The third-order valence-corrected chi connectivity index (χ3v) is 4.80. The van der Waals surface area contributed by atoms with Crippen molar-refractivity contribution >= 4 is 11.6 Å². The van der Waals surface area contributed by atoms with Crippen LogP contribution < -0.4 is 0 Å². The van der Waals surface area contributed by atoms with Gasteiger partial charge in [-0.25, -0.2) is 0 Å². The number of aliphatic hydroxyl groups is 1. The molecule has 1 aliphatic heterocycles. The molecule has 0 radical (unpaired) electrons. The first kappa shape index (κ1) is 15.8. The lowest BCUT2D eigenvalue weighted by Gasteiger charge is -2.27. The predicted molar refractivity (Wildman–Crippen MR) is 82.2 cm³/mol. The van der Waals surface area contributed by atoms with Crippen LogP contribution in [0.4, 0.5) is 0 Å². The van der Waals surface area contributed by atoms with Gasteiger partial charge in [-0.15, -0.1) is 0 Å². The summed E-state index contributed by atoms with van der Waals surface area (Å²) in [4.78, 5) is 2.45. The van der Waals surface area contributed by atoms with E-state index in [-0.39, 0.29) is 0 Å². The Hall–Kier alpha value is -0.580. The van der Waals surface area contributed by atoms with Gasteiger partial charge in [0, 0.05) is 25.6 Å². The van der Waals surface area contributed by atoms with Gasteiger partial charge < -0.3 is 10.0 Å². The Morgan fingerprint density at radius 3 is 2.70 bits per heavy atom. The van der Waals surface area contributed by atoms with E-state index in [4.69, 9.17) is 11.6 Å². The smallest absolute Gasteiger partial charge is 0.130 e. The molecule has 4 nitrogen and oxygen atoms in total. The summed E-state index contributed by atoms with van der Waals surface area (Å²) in [5, 5.41) is 15.9. The molecule has 0 aromatic carbocycles. The van der Waals surface area contributed by atoms with Crippen molar-refractivity contribution in [2.45, 2.75) is 51.6 Å². The van der Waals surface area contributed by atoms with E-state index >= 15 is 0 Å². The third kappa shape index (κ3) is 3.54. The predicted octanol–water partition coefficient (Wildman–Crippen LogP) is 2.55. The van der Waals surface area contributed by atoms with Crippen LogP contribution in [0.1, 0.15) is 43.9 Å². The zero-order valence-corrected chi connectivity index (χ0v) is 13.6. The van der Waals surface area contributed by atoms with Gasteiger partial charge >= 0.3 is 0 Å². The van der Waals surface area contributed by atoms with Gasteiger partial charge in [0.1, 0.15) is 5.15 Å². The molecule has 1 N–H and O–H groups in total. The molecule has 0 spiro atoms. The third-order valence-electron chi connectivity index (χ3n) is 4.33. The minimum atomic E-state index is -0.639. The molecule has 0 saturated carbocycles. The highest BCUT2D eigenvalue weighted by molar-refractivity contribution is 6.30. The summed E-state index contributed by atoms with van der Waals surface area (Å²) in [6, 6.07) is 0. The molecule has 1 aromatic rings. The van der Waals surface area contributed by atoms with Crippen molar-refractivity contribution in [3.63, 3.8) is 0 Å².